The minimum absolute atomic E-state index is 0.477. The molecule has 0 saturated heterocycles. The molecule has 0 unspecified atom stereocenters. The molecule has 0 spiro atoms. The van der Waals surface area contributed by atoms with Gasteiger partial charge in [-0.05, 0) is 62.5 Å². The van der Waals surface area contributed by atoms with E-state index >= 15 is 0 Å². The van der Waals surface area contributed by atoms with Crippen LogP contribution in [0, 0.1) is 5.41 Å². The lowest BCUT2D eigenvalue weighted by molar-refractivity contribution is 0.338. The summed E-state index contributed by atoms with van der Waals surface area (Å²) in [5.74, 6) is 0. The normalized spacial score (nSPS) is 21.1. The fourth-order valence-corrected chi connectivity index (χ4v) is 5.19. The molecule has 0 aromatic heterocycles. The zero-order valence-electron chi connectivity index (χ0n) is 15.0. The Kier molecular flexibility index (Phi) is 6.14. The van der Waals surface area contributed by atoms with Crippen LogP contribution in [0.3, 0.4) is 0 Å². The van der Waals surface area contributed by atoms with Gasteiger partial charge in [0.2, 0.25) is 0 Å². The molecular weight excluding hydrogens is 252 g/mol. The molecule has 0 N–H and O–H groups in total. The molecular formula is C21H36. The Morgan fingerprint density at radius 2 is 1.10 bits per heavy atom. The quantitative estimate of drug-likeness (QED) is 0.438. The van der Waals surface area contributed by atoms with Crippen LogP contribution in [0.1, 0.15) is 105 Å². The maximum atomic E-state index is 2.39. The number of hydrogen-bond acceptors (Lipinski definition) is 0. The van der Waals surface area contributed by atoms with E-state index in [1.165, 1.54) is 77.0 Å². The second kappa shape index (κ2) is 7.65. The SMILES string of the molecule is CCCC1=C2CCCCC2=C(CCC)C1(CCC)CCC. The van der Waals surface area contributed by atoms with E-state index in [1.54, 1.807) is 0 Å². The molecule has 0 nitrogen and oxygen atoms in total. The summed E-state index contributed by atoms with van der Waals surface area (Å²) in [4.78, 5) is 0. The first-order valence-electron chi connectivity index (χ1n) is 9.70. The van der Waals surface area contributed by atoms with Crippen molar-refractivity contribution >= 4 is 0 Å². The fourth-order valence-electron chi connectivity index (χ4n) is 5.19. The Morgan fingerprint density at radius 3 is 1.43 bits per heavy atom. The first kappa shape index (κ1) is 16.8. The van der Waals surface area contributed by atoms with E-state index in [0.717, 1.165) is 0 Å². The van der Waals surface area contributed by atoms with E-state index in [2.05, 4.69) is 27.7 Å². The number of fused-ring (bicyclic) bond motifs is 1. The van der Waals surface area contributed by atoms with E-state index in [1.807, 2.05) is 22.3 Å². The summed E-state index contributed by atoms with van der Waals surface area (Å²) in [6.07, 6.45) is 16.4. The molecule has 0 aliphatic heterocycles. The van der Waals surface area contributed by atoms with Crippen molar-refractivity contribution < 1.29 is 0 Å². The molecule has 21 heavy (non-hydrogen) atoms. The summed E-state index contributed by atoms with van der Waals surface area (Å²) < 4.78 is 0. The average Bonchev–Trinajstić information content (AvgIpc) is 2.73. The Morgan fingerprint density at radius 1 is 0.667 bits per heavy atom. The maximum absolute atomic E-state index is 2.39. The van der Waals surface area contributed by atoms with Crippen LogP contribution in [0.15, 0.2) is 22.3 Å². The van der Waals surface area contributed by atoms with E-state index in [0.29, 0.717) is 5.41 Å². The Labute approximate surface area is 133 Å². The van der Waals surface area contributed by atoms with Crippen LogP contribution < -0.4 is 0 Å². The number of hydrogen-bond donors (Lipinski definition) is 0. The first-order chi connectivity index (χ1) is 10.2. The van der Waals surface area contributed by atoms with Gasteiger partial charge in [0.05, 0.1) is 0 Å². The van der Waals surface area contributed by atoms with Crippen LogP contribution in [-0.4, -0.2) is 0 Å². The maximum Gasteiger partial charge on any atom is 0.0132 e. The van der Waals surface area contributed by atoms with Crippen molar-refractivity contribution in [3.05, 3.63) is 22.3 Å². The Balaban J connectivity index is 2.53. The van der Waals surface area contributed by atoms with E-state index in [9.17, 15) is 0 Å². The molecule has 0 heteroatoms. The minimum Gasteiger partial charge on any atom is -0.0653 e. The molecule has 1 fully saturated rings. The molecule has 2 rings (SSSR count). The van der Waals surface area contributed by atoms with Gasteiger partial charge in [-0.15, -0.1) is 0 Å². The van der Waals surface area contributed by atoms with Gasteiger partial charge in [0.25, 0.3) is 0 Å². The predicted molar refractivity (Wildman–Crippen MR) is 94.6 cm³/mol. The van der Waals surface area contributed by atoms with Crippen LogP contribution in [0.2, 0.25) is 0 Å². The molecule has 0 atom stereocenters. The van der Waals surface area contributed by atoms with Crippen molar-refractivity contribution in [3.63, 3.8) is 0 Å². The van der Waals surface area contributed by atoms with Gasteiger partial charge in [-0.2, -0.15) is 0 Å². The van der Waals surface area contributed by atoms with Gasteiger partial charge in [-0.3, -0.25) is 0 Å². The highest BCUT2D eigenvalue weighted by molar-refractivity contribution is 5.54. The highest BCUT2D eigenvalue weighted by Gasteiger charge is 2.44. The number of allylic oxidation sites excluding steroid dienone is 4. The van der Waals surface area contributed by atoms with Crippen molar-refractivity contribution in [2.75, 3.05) is 0 Å². The molecule has 0 radical (unpaired) electrons. The monoisotopic (exact) mass is 288 g/mol. The summed E-state index contributed by atoms with van der Waals surface area (Å²) in [7, 11) is 0. The lowest BCUT2D eigenvalue weighted by Gasteiger charge is -2.37. The van der Waals surface area contributed by atoms with E-state index in [4.69, 9.17) is 0 Å². The second-order valence-electron chi connectivity index (χ2n) is 7.20. The van der Waals surface area contributed by atoms with Crippen LogP contribution in [0.5, 0.6) is 0 Å². The summed E-state index contributed by atoms with van der Waals surface area (Å²) in [5, 5.41) is 0. The molecule has 1 saturated carbocycles. The molecule has 0 aromatic carbocycles. The Bertz CT molecular complexity index is 368. The van der Waals surface area contributed by atoms with Crippen molar-refractivity contribution in [3.8, 4) is 0 Å². The van der Waals surface area contributed by atoms with Gasteiger partial charge in [0.1, 0.15) is 0 Å². The first-order valence-corrected chi connectivity index (χ1v) is 9.70. The van der Waals surface area contributed by atoms with E-state index < -0.39 is 0 Å². The zero-order valence-corrected chi connectivity index (χ0v) is 15.0. The number of rotatable bonds is 8. The molecule has 0 aromatic rings. The summed E-state index contributed by atoms with van der Waals surface area (Å²) >= 11 is 0. The summed E-state index contributed by atoms with van der Waals surface area (Å²) in [6.45, 7) is 9.52. The molecule has 2 aliphatic carbocycles. The van der Waals surface area contributed by atoms with Gasteiger partial charge in [-0.1, -0.05) is 64.5 Å². The molecule has 2 aliphatic rings. The van der Waals surface area contributed by atoms with Crippen molar-refractivity contribution in [1.29, 1.82) is 0 Å². The van der Waals surface area contributed by atoms with Crippen LogP contribution in [-0.2, 0) is 0 Å². The smallest absolute Gasteiger partial charge is 0.0132 e. The second-order valence-corrected chi connectivity index (χ2v) is 7.20. The standard InChI is InChI=1S/C21H36/c1-5-11-19-17-13-9-10-14-18(17)20(12-6-2)21(19,15-7-3)16-8-4/h5-16H2,1-4H3. The predicted octanol–water partition coefficient (Wildman–Crippen LogP) is 7.35. The highest BCUT2D eigenvalue weighted by atomic mass is 14.5. The van der Waals surface area contributed by atoms with Crippen LogP contribution in [0.25, 0.3) is 0 Å². The lowest BCUT2D eigenvalue weighted by atomic mass is 9.67. The summed E-state index contributed by atoms with van der Waals surface area (Å²) in [6, 6.07) is 0. The van der Waals surface area contributed by atoms with Gasteiger partial charge >= 0.3 is 0 Å². The van der Waals surface area contributed by atoms with Gasteiger partial charge in [-0.25, -0.2) is 0 Å². The third kappa shape index (κ3) is 3.01. The van der Waals surface area contributed by atoms with Crippen molar-refractivity contribution in [2.24, 2.45) is 5.41 Å². The van der Waals surface area contributed by atoms with Gasteiger partial charge in [0.15, 0.2) is 0 Å². The Hall–Kier alpha value is -0.520. The summed E-state index contributed by atoms with van der Waals surface area (Å²) in [5.41, 5.74) is 7.95. The van der Waals surface area contributed by atoms with Crippen LogP contribution >= 0.6 is 0 Å². The van der Waals surface area contributed by atoms with Gasteiger partial charge in [0, 0.05) is 5.41 Å². The molecule has 0 heterocycles. The molecule has 0 amide bonds. The van der Waals surface area contributed by atoms with Crippen molar-refractivity contribution in [1.82, 2.24) is 0 Å². The van der Waals surface area contributed by atoms with E-state index in [-0.39, 0.29) is 0 Å². The van der Waals surface area contributed by atoms with Gasteiger partial charge < -0.3 is 0 Å². The third-order valence-electron chi connectivity index (χ3n) is 5.71. The van der Waals surface area contributed by atoms with Crippen molar-refractivity contribution in [2.45, 2.75) is 105 Å². The molecule has 0 bridgehead atoms. The third-order valence-corrected chi connectivity index (χ3v) is 5.71. The zero-order chi connectivity index (χ0) is 15.3. The minimum atomic E-state index is 0.477. The van der Waals surface area contributed by atoms with Crippen LogP contribution in [0.4, 0.5) is 0 Å². The average molecular weight is 289 g/mol. The largest absolute Gasteiger partial charge is 0.0653 e. The lowest BCUT2D eigenvalue weighted by Crippen LogP contribution is -2.24. The fraction of sp³-hybridized carbons (Fsp3) is 0.810. The topological polar surface area (TPSA) is 0 Å². The molecule has 120 valence electrons. The highest BCUT2D eigenvalue weighted by Crippen LogP contribution is 2.58.